The van der Waals surface area contributed by atoms with Crippen molar-refractivity contribution in [1.29, 1.82) is 0 Å². The number of H-pyrrole nitrogens is 1. The summed E-state index contributed by atoms with van der Waals surface area (Å²) < 4.78 is 25.3. The Morgan fingerprint density at radius 3 is 2.35 bits per heavy atom. The van der Waals surface area contributed by atoms with Gasteiger partial charge in [-0.3, -0.25) is 19.9 Å². The molecule has 3 heterocycles. The predicted molar refractivity (Wildman–Crippen MR) is 93.1 cm³/mol. The van der Waals surface area contributed by atoms with Crippen LogP contribution in [0.2, 0.25) is 0 Å². The molecule has 0 fully saturated rings. The Labute approximate surface area is 149 Å². The van der Waals surface area contributed by atoms with E-state index in [1.807, 2.05) is 0 Å². The van der Waals surface area contributed by atoms with Gasteiger partial charge in [-0.05, 0) is 18.2 Å². The zero-order valence-corrected chi connectivity index (χ0v) is 14.2. The number of aromatic amines is 1. The third-order valence-corrected chi connectivity index (χ3v) is 3.03. The Hall–Kier alpha value is -3.42. The molecule has 0 aliphatic carbocycles. The molecule has 3 rings (SSSR count). The minimum atomic E-state index is -0.505. The van der Waals surface area contributed by atoms with Crippen LogP contribution in [0.1, 0.15) is 10.4 Å². The Morgan fingerprint density at radius 1 is 1.08 bits per heavy atom. The number of allylic oxidation sites excluding steroid dienone is 1. The molecule has 0 spiro atoms. The van der Waals surface area contributed by atoms with Gasteiger partial charge in [0.05, 0.1) is 18.1 Å². The van der Waals surface area contributed by atoms with Crippen LogP contribution in [0.4, 0.5) is 8.78 Å². The molecule has 6 nitrogen and oxygen atoms in total. The van der Waals surface area contributed by atoms with E-state index in [1.54, 1.807) is 43.7 Å². The number of halogens is 2. The molecule has 0 unspecified atom stereocenters. The molecule has 1 N–H and O–H groups in total. The second-order valence-electron chi connectivity index (χ2n) is 5.40. The van der Waals surface area contributed by atoms with Crippen molar-refractivity contribution in [2.75, 3.05) is 14.1 Å². The van der Waals surface area contributed by atoms with E-state index in [2.05, 4.69) is 20.2 Å². The lowest BCUT2D eigenvalue weighted by molar-refractivity contribution is 0.104. The average Bonchev–Trinajstić information content (AvgIpc) is 3.15. The number of pyridine rings is 2. The van der Waals surface area contributed by atoms with Crippen LogP contribution in [-0.4, -0.2) is 44.9 Å². The van der Waals surface area contributed by atoms with E-state index in [0.717, 1.165) is 18.0 Å². The van der Waals surface area contributed by atoms with Gasteiger partial charge in [0.25, 0.3) is 0 Å². The number of aromatic nitrogens is 4. The van der Waals surface area contributed by atoms with Gasteiger partial charge in [-0.15, -0.1) is 0 Å². The number of ketones is 1. The van der Waals surface area contributed by atoms with E-state index in [4.69, 9.17) is 0 Å². The molecule has 0 aliphatic heterocycles. The summed E-state index contributed by atoms with van der Waals surface area (Å²) in [6.45, 7) is 0. The number of nitrogens with zero attached hydrogens (tertiary/aromatic N) is 4. The second-order valence-corrected chi connectivity index (χ2v) is 5.40. The van der Waals surface area contributed by atoms with Gasteiger partial charge < -0.3 is 4.90 Å². The SMILES string of the molecule is CN(C)/C=C\C(=O)c1cncc(F)c1.Fc1cncc(-c2ccn[nH]2)c1. The molecular formula is C18H17F2N5O. The fraction of sp³-hybridized carbons (Fsp3) is 0.111. The zero-order valence-electron chi connectivity index (χ0n) is 14.2. The van der Waals surface area contributed by atoms with Gasteiger partial charge in [-0.1, -0.05) is 0 Å². The minimum absolute atomic E-state index is 0.253. The lowest BCUT2D eigenvalue weighted by atomic mass is 10.2. The molecule has 8 heteroatoms. The van der Waals surface area contributed by atoms with Crippen LogP contribution in [0, 0.1) is 11.6 Å². The lowest BCUT2D eigenvalue weighted by Crippen LogP contribution is -2.03. The van der Waals surface area contributed by atoms with Crippen LogP contribution >= 0.6 is 0 Å². The first-order chi connectivity index (χ1) is 12.5. The molecule has 0 atom stereocenters. The van der Waals surface area contributed by atoms with Gasteiger partial charge in [0.15, 0.2) is 5.78 Å². The van der Waals surface area contributed by atoms with E-state index in [0.29, 0.717) is 5.56 Å². The average molecular weight is 357 g/mol. The molecular weight excluding hydrogens is 340 g/mol. The van der Waals surface area contributed by atoms with E-state index in [-0.39, 0.29) is 17.2 Å². The molecule has 0 radical (unpaired) electrons. The van der Waals surface area contributed by atoms with Crippen molar-refractivity contribution in [3.8, 4) is 11.3 Å². The van der Waals surface area contributed by atoms with Crippen molar-refractivity contribution < 1.29 is 13.6 Å². The minimum Gasteiger partial charge on any atom is -0.383 e. The third kappa shape index (κ3) is 5.90. The summed E-state index contributed by atoms with van der Waals surface area (Å²) in [5.41, 5.74) is 1.72. The standard InChI is InChI=1S/C10H11FN2O.C8H6FN3/c1-13(2)4-3-10(14)8-5-9(11)7-12-6-8;9-7-3-6(4-10-5-7)8-1-2-11-12-8/h3-7H,1-2H3;1-5H,(H,11,12)/b4-3-;. The monoisotopic (exact) mass is 357 g/mol. The van der Waals surface area contributed by atoms with Gasteiger partial charge in [0.2, 0.25) is 0 Å². The highest BCUT2D eigenvalue weighted by Crippen LogP contribution is 2.14. The third-order valence-electron chi connectivity index (χ3n) is 3.03. The van der Waals surface area contributed by atoms with Crippen molar-refractivity contribution in [1.82, 2.24) is 25.1 Å². The maximum absolute atomic E-state index is 12.7. The molecule has 0 amide bonds. The van der Waals surface area contributed by atoms with Gasteiger partial charge in [-0.2, -0.15) is 5.10 Å². The molecule has 0 aliphatic rings. The molecule has 3 aromatic rings. The second kappa shape index (κ2) is 9.16. The van der Waals surface area contributed by atoms with Crippen LogP contribution in [0.5, 0.6) is 0 Å². The van der Waals surface area contributed by atoms with E-state index < -0.39 is 5.82 Å². The highest BCUT2D eigenvalue weighted by Gasteiger charge is 2.03. The summed E-state index contributed by atoms with van der Waals surface area (Å²) in [5.74, 6) is -1.11. The summed E-state index contributed by atoms with van der Waals surface area (Å²) >= 11 is 0. The molecule has 0 saturated heterocycles. The van der Waals surface area contributed by atoms with Crippen molar-refractivity contribution in [2.45, 2.75) is 0 Å². The van der Waals surface area contributed by atoms with Crippen LogP contribution in [-0.2, 0) is 0 Å². The normalized spacial score (nSPS) is 10.3. The fourth-order valence-electron chi connectivity index (χ4n) is 1.84. The van der Waals surface area contributed by atoms with Crippen molar-refractivity contribution in [2.24, 2.45) is 0 Å². The molecule has 3 aromatic heterocycles. The molecule has 0 saturated carbocycles. The van der Waals surface area contributed by atoms with Crippen LogP contribution in [0.3, 0.4) is 0 Å². The van der Waals surface area contributed by atoms with Gasteiger partial charge >= 0.3 is 0 Å². The Bertz CT molecular complexity index is 879. The maximum Gasteiger partial charge on any atom is 0.188 e. The number of rotatable bonds is 4. The van der Waals surface area contributed by atoms with Crippen molar-refractivity contribution in [3.63, 3.8) is 0 Å². The number of nitrogens with one attached hydrogen (secondary N) is 1. The van der Waals surface area contributed by atoms with Crippen molar-refractivity contribution >= 4 is 5.78 Å². The zero-order chi connectivity index (χ0) is 18.9. The number of hydrogen-bond donors (Lipinski definition) is 1. The Balaban J connectivity index is 0.000000189. The topological polar surface area (TPSA) is 74.8 Å². The first-order valence-electron chi connectivity index (χ1n) is 7.55. The molecule has 134 valence electrons. The highest BCUT2D eigenvalue weighted by molar-refractivity contribution is 6.04. The smallest absolute Gasteiger partial charge is 0.188 e. The predicted octanol–water partition coefficient (Wildman–Crippen LogP) is 3.09. The van der Waals surface area contributed by atoms with Crippen LogP contribution in [0.25, 0.3) is 11.3 Å². The van der Waals surface area contributed by atoms with Crippen LogP contribution in [0.15, 0.2) is 61.5 Å². The van der Waals surface area contributed by atoms with E-state index >= 15 is 0 Å². The molecule has 26 heavy (non-hydrogen) atoms. The molecule has 0 aromatic carbocycles. The largest absolute Gasteiger partial charge is 0.383 e. The van der Waals surface area contributed by atoms with Gasteiger partial charge in [0, 0.05) is 56.1 Å². The van der Waals surface area contributed by atoms with E-state index in [9.17, 15) is 13.6 Å². The quantitative estimate of drug-likeness (QED) is 0.574. The highest BCUT2D eigenvalue weighted by atomic mass is 19.1. The fourth-order valence-corrected chi connectivity index (χ4v) is 1.84. The summed E-state index contributed by atoms with van der Waals surface area (Å²) in [5, 5.41) is 6.48. The lowest BCUT2D eigenvalue weighted by Gasteiger charge is -2.02. The van der Waals surface area contributed by atoms with E-state index in [1.165, 1.54) is 24.5 Å². The van der Waals surface area contributed by atoms with Gasteiger partial charge in [0.1, 0.15) is 11.6 Å². The summed E-state index contributed by atoms with van der Waals surface area (Å²) in [7, 11) is 3.60. The van der Waals surface area contributed by atoms with Crippen LogP contribution < -0.4 is 0 Å². The summed E-state index contributed by atoms with van der Waals surface area (Å²) in [6, 6.07) is 4.33. The first-order valence-corrected chi connectivity index (χ1v) is 7.55. The molecule has 0 bridgehead atoms. The first kappa shape index (κ1) is 18.9. The number of carbonyl (C=O) groups excluding carboxylic acids is 1. The summed E-state index contributed by atoms with van der Waals surface area (Å²) in [4.78, 5) is 20.4. The number of carbonyl (C=O) groups is 1. The van der Waals surface area contributed by atoms with Gasteiger partial charge in [-0.25, -0.2) is 8.78 Å². The number of hydrogen-bond acceptors (Lipinski definition) is 5. The Kier molecular flexibility index (Phi) is 6.67. The Morgan fingerprint density at radius 2 is 1.77 bits per heavy atom. The maximum atomic E-state index is 12.7. The summed E-state index contributed by atoms with van der Waals surface area (Å²) in [6.07, 6.45) is 9.73. The van der Waals surface area contributed by atoms with Crippen molar-refractivity contribution in [3.05, 3.63) is 78.7 Å².